The number of anilines is 1. The van der Waals surface area contributed by atoms with Crippen molar-refractivity contribution in [1.82, 2.24) is 0 Å². The third-order valence-electron chi connectivity index (χ3n) is 4.63. The van der Waals surface area contributed by atoms with Gasteiger partial charge in [0.25, 0.3) is 5.91 Å². The fourth-order valence-electron chi connectivity index (χ4n) is 2.91. The number of amides is 1. The fraction of sp³-hybridized carbons (Fsp3) is 0.115. The second-order valence-electron chi connectivity index (χ2n) is 6.99. The molecule has 34 heavy (non-hydrogen) atoms. The topological polar surface area (TPSA) is 88.4 Å². The number of ether oxygens (including phenoxy) is 2. The van der Waals surface area contributed by atoms with E-state index in [0.29, 0.717) is 32.6 Å². The Morgan fingerprint density at radius 1 is 1.12 bits per heavy atom. The van der Waals surface area contributed by atoms with E-state index in [-0.39, 0.29) is 24.6 Å². The highest BCUT2D eigenvalue weighted by Gasteiger charge is 2.12. The van der Waals surface area contributed by atoms with E-state index in [2.05, 4.69) is 21.2 Å². The van der Waals surface area contributed by atoms with Gasteiger partial charge in [0.2, 0.25) is 0 Å². The first-order valence-electron chi connectivity index (χ1n) is 10.3. The zero-order valence-electron chi connectivity index (χ0n) is 18.2. The van der Waals surface area contributed by atoms with E-state index < -0.39 is 11.9 Å². The van der Waals surface area contributed by atoms with Crippen LogP contribution in [0.3, 0.4) is 0 Å². The lowest BCUT2D eigenvalue weighted by Crippen LogP contribution is -2.13. The smallest absolute Gasteiger partial charge is 0.338 e. The van der Waals surface area contributed by atoms with E-state index in [1.54, 1.807) is 55.5 Å². The van der Waals surface area contributed by atoms with Gasteiger partial charge in [0, 0.05) is 11.3 Å². The molecule has 1 N–H and O–H groups in total. The highest BCUT2D eigenvalue weighted by atomic mass is 79.9. The number of carbonyl (C=O) groups is 2. The largest absolute Gasteiger partial charge is 0.488 e. The molecule has 3 aromatic rings. The molecule has 0 saturated heterocycles. The summed E-state index contributed by atoms with van der Waals surface area (Å²) >= 11 is 3.40. The van der Waals surface area contributed by atoms with E-state index in [9.17, 15) is 19.2 Å². The van der Waals surface area contributed by atoms with E-state index in [1.807, 2.05) is 6.07 Å². The molecule has 0 bridgehead atoms. The number of rotatable bonds is 8. The lowest BCUT2D eigenvalue weighted by Gasteiger charge is -2.10. The number of halogens is 2. The Morgan fingerprint density at radius 3 is 2.50 bits per heavy atom. The second kappa shape index (κ2) is 11.8. The molecule has 0 radical (unpaired) electrons. The molecular formula is C26H20BrFN2O4. The zero-order chi connectivity index (χ0) is 24.5. The Morgan fingerprint density at radius 2 is 1.85 bits per heavy atom. The first-order valence-corrected chi connectivity index (χ1v) is 11.1. The van der Waals surface area contributed by atoms with Crippen LogP contribution in [-0.4, -0.2) is 18.5 Å². The van der Waals surface area contributed by atoms with Crippen LogP contribution in [0.4, 0.5) is 10.1 Å². The summed E-state index contributed by atoms with van der Waals surface area (Å²) in [6, 6.07) is 19.4. The number of nitriles is 1. The molecule has 0 aliphatic rings. The average Bonchev–Trinajstić information content (AvgIpc) is 2.83. The predicted octanol–water partition coefficient (Wildman–Crippen LogP) is 5.89. The molecule has 0 fully saturated rings. The van der Waals surface area contributed by atoms with E-state index >= 15 is 0 Å². The molecule has 3 aromatic carbocycles. The summed E-state index contributed by atoms with van der Waals surface area (Å²) in [6.45, 7) is 2.04. The highest BCUT2D eigenvalue weighted by molar-refractivity contribution is 9.10. The van der Waals surface area contributed by atoms with Crippen LogP contribution in [0.5, 0.6) is 5.75 Å². The summed E-state index contributed by atoms with van der Waals surface area (Å²) in [5.74, 6) is -0.907. The minimum absolute atomic E-state index is 0.0568. The first kappa shape index (κ1) is 24.7. The van der Waals surface area contributed by atoms with Crippen molar-refractivity contribution in [3.05, 3.63) is 99.3 Å². The van der Waals surface area contributed by atoms with Crippen LogP contribution in [0, 0.1) is 17.1 Å². The van der Waals surface area contributed by atoms with Crippen molar-refractivity contribution in [2.45, 2.75) is 13.5 Å². The Kier molecular flexibility index (Phi) is 8.54. The van der Waals surface area contributed by atoms with E-state index in [4.69, 9.17) is 9.47 Å². The van der Waals surface area contributed by atoms with Crippen LogP contribution < -0.4 is 10.1 Å². The monoisotopic (exact) mass is 522 g/mol. The van der Waals surface area contributed by atoms with Crippen LogP contribution in [0.15, 0.2) is 76.8 Å². The summed E-state index contributed by atoms with van der Waals surface area (Å²) in [7, 11) is 0. The maximum Gasteiger partial charge on any atom is 0.338 e. The Hall–Kier alpha value is -3.96. The van der Waals surface area contributed by atoms with Crippen molar-refractivity contribution in [2.24, 2.45) is 0 Å². The third-order valence-corrected chi connectivity index (χ3v) is 5.25. The van der Waals surface area contributed by atoms with Gasteiger partial charge in [-0.3, -0.25) is 4.79 Å². The van der Waals surface area contributed by atoms with Crippen molar-refractivity contribution in [2.75, 3.05) is 11.9 Å². The summed E-state index contributed by atoms with van der Waals surface area (Å²) in [4.78, 5) is 24.3. The average molecular weight is 523 g/mol. The van der Waals surface area contributed by atoms with Gasteiger partial charge in [0.1, 0.15) is 29.8 Å². The van der Waals surface area contributed by atoms with E-state index in [0.717, 1.165) is 0 Å². The number of nitrogens with zero attached hydrogens (tertiary/aromatic N) is 1. The normalized spacial score (nSPS) is 10.8. The maximum atomic E-state index is 13.8. The van der Waals surface area contributed by atoms with Gasteiger partial charge in [-0.2, -0.15) is 5.26 Å². The van der Waals surface area contributed by atoms with Gasteiger partial charge in [-0.05, 0) is 77.0 Å². The molecule has 0 aliphatic heterocycles. The molecule has 172 valence electrons. The van der Waals surface area contributed by atoms with Crippen molar-refractivity contribution in [1.29, 1.82) is 5.26 Å². The number of esters is 1. The quantitative estimate of drug-likeness (QED) is 0.226. The SMILES string of the molecule is CCOC(=O)c1ccc(NC(=O)/C(C#N)=C/c2ccc(OCc3ccccc3F)c(Br)c2)cc1. The van der Waals surface area contributed by atoms with Crippen molar-refractivity contribution < 1.29 is 23.5 Å². The van der Waals surface area contributed by atoms with Crippen molar-refractivity contribution in [3.63, 3.8) is 0 Å². The molecule has 8 heteroatoms. The Bertz CT molecular complexity index is 1270. The van der Waals surface area contributed by atoms with Crippen molar-refractivity contribution >= 4 is 39.6 Å². The van der Waals surface area contributed by atoms with Crippen LogP contribution >= 0.6 is 15.9 Å². The lowest BCUT2D eigenvalue weighted by molar-refractivity contribution is -0.112. The van der Waals surface area contributed by atoms with Gasteiger partial charge in [-0.1, -0.05) is 24.3 Å². The van der Waals surface area contributed by atoms with Gasteiger partial charge in [-0.25, -0.2) is 9.18 Å². The fourth-order valence-corrected chi connectivity index (χ4v) is 3.42. The molecule has 0 spiro atoms. The predicted molar refractivity (Wildman–Crippen MR) is 129 cm³/mol. The van der Waals surface area contributed by atoms with Crippen LogP contribution in [0.2, 0.25) is 0 Å². The molecule has 0 heterocycles. The third kappa shape index (κ3) is 6.53. The Labute approximate surface area is 204 Å². The maximum absolute atomic E-state index is 13.8. The minimum atomic E-state index is -0.595. The molecule has 1 amide bonds. The molecule has 0 atom stereocenters. The second-order valence-corrected chi connectivity index (χ2v) is 7.85. The van der Waals surface area contributed by atoms with Crippen LogP contribution in [-0.2, 0) is 16.1 Å². The van der Waals surface area contributed by atoms with Gasteiger partial charge >= 0.3 is 5.97 Å². The molecule has 6 nitrogen and oxygen atoms in total. The number of hydrogen-bond donors (Lipinski definition) is 1. The summed E-state index contributed by atoms with van der Waals surface area (Å²) < 4.78 is 25.0. The molecule has 0 aromatic heterocycles. The number of carbonyl (C=O) groups excluding carboxylic acids is 2. The van der Waals surface area contributed by atoms with Gasteiger partial charge in [0.15, 0.2) is 0 Å². The lowest BCUT2D eigenvalue weighted by atomic mass is 10.1. The van der Waals surface area contributed by atoms with Crippen LogP contribution in [0.25, 0.3) is 6.08 Å². The highest BCUT2D eigenvalue weighted by Crippen LogP contribution is 2.28. The summed E-state index contributed by atoms with van der Waals surface area (Å²) in [6.07, 6.45) is 1.44. The molecule has 0 unspecified atom stereocenters. The minimum Gasteiger partial charge on any atom is -0.488 e. The molecule has 0 aliphatic carbocycles. The molecule has 0 saturated carbocycles. The van der Waals surface area contributed by atoms with E-state index in [1.165, 1.54) is 24.3 Å². The molecule has 3 rings (SSSR count). The zero-order valence-corrected chi connectivity index (χ0v) is 19.8. The number of nitrogens with one attached hydrogen (secondary N) is 1. The van der Waals surface area contributed by atoms with Gasteiger partial charge < -0.3 is 14.8 Å². The molecular weight excluding hydrogens is 503 g/mol. The van der Waals surface area contributed by atoms with Gasteiger partial charge in [-0.15, -0.1) is 0 Å². The van der Waals surface area contributed by atoms with Crippen LogP contribution in [0.1, 0.15) is 28.4 Å². The first-order chi connectivity index (χ1) is 16.4. The summed E-state index contributed by atoms with van der Waals surface area (Å²) in [5, 5.41) is 12.1. The van der Waals surface area contributed by atoms with Crippen molar-refractivity contribution in [3.8, 4) is 11.8 Å². The standard InChI is InChI=1S/C26H20BrFN2O4/c1-2-33-26(32)18-8-10-21(11-9-18)30-25(31)20(15-29)13-17-7-12-24(22(27)14-17)34-16-19-5-3-4-6-23(19)28/h3-14H,2,16H2,1H3,(H,30,31)/b20-13+. The Balaban J connectivity index is 1.67. The van der Waals surface area contributed by atoms with Gasteiger partial charge in [0.05, 0.1) is 16.6 Å². The number of benzene rings is 3. The summed E-state index contributed by atoms with van der Waals surface area (Å²) in [5.41, 5.74) is 1.70. The number of hydrogen-bond acceptors (Lipinski definition) is 5.